The van der Waals surface area contributed by atoms with Crippen LogP contribution in [0.1, 0.15) is 41.0 Å². The maximum absolute atomic E-state index is 2.38. The van der Waals surface area contributed by atoms with E-state index in [0.29, 0.717) is 5.92 Å². The van der Waals surface area contributed by atoms with Crippen LogP contribution in [0, 0.1) is 11.3 Å². The molecule has 1 atom stereocenters. The van der Waals surface area contributed by atoms with Crippen LogP contribution in [0.2, 0.25) is 0 Å². The van der Waals surface area contributed by atoms with Gasteiger partial charge in [-0.25, -0.2) is 0 Å². The van der Waals surface area contributed by atoms with Gasteiger partial charge in [0.05, 0.1) is 0 Å². The first-order chi connectivity index (χ1) is 8.43. The lowest BCUT2D eigenvalue weighted by Crippen LogP contribution is -2.31. The zero-order valence-corrected chi connectivity index (χ0v) is 12.3. The molecule has 2 aliphatic rings. The highest BCUT2D eigenvalue weighted by Crippen LogP contribution is 2.37. The molecule has 0 aromatic heterocycles. The fourth-order valence-corrected chi connectivity index (χ4v) is 2.63. The van der Waals surface area contributed by atoms with Crippen molar-refractivity contribution >= 4 is 0 Å². The van der Waals surface area contributed by atoms with Crippen LogP contribution in [-0.2, 0) is 0 Å². The molecule has 0 saturated heterocycles. The van der Waals surface area contributed by atoms with Gasteiger partial charge in [-0.3, -0.25) is 0 Å². The monoisotopic (exact) mass is 243 g/mol. The van der Waals surface area contributed by atoms with E-state index >= 15 is 0 Å². The van der Waals surface area contributed by atoms with E-state index in [1.807, 2.05) is 0 Å². The first kappa shape index (κ1) is 13.2. The van der Waals surface area contributed by atoms with Crippen LogP contribution in [0.4, 0.5) is 0 Å². The van der Waals surface area contributed by atoms with Crippen LogP contribution in [0.5, 0.6) is 0 Å². The Morgan fingerprint density at radius 3 is 2.72 bits per heavy atom. The Morgan fingerprint density at radius 2 is 2.17 bits per heavy atom. The molecule has 0 amide bonds. The lowest BCUT2D eigenvalue weighted by Gasteiger charge is -2.35. The Kier molecular flexibility index (Phi) is 3.52. The van der Waals surface area contributed by atoms with E-state index in [4.69, 9.17) is 0 Å². The number of hydrogen-bond acceptors (Lipinski definition) is 1. The highest BCUT2D eigenvalue weighted by atomic mass is 15.2. The summed E-state index contributed by atoms with van der Waals surface area (Å²) < 4.78 is 0. The van der Waals surface area contributed by atoms with Gasteiger partial charge in [0.15, 0.2) is 0 Å². The van der Waals surface area contributed by atoms with Crippen molar-refractivity contribution in [1.82, 2.24) is 4.90 Å². The van der Waals surface area contributed by atoms with Crippen molar-refractivity contribution < 1.29 is 0 Å². The highest BCUT2D eigenvalue weighted by molar-refractivity contribution is 5.45. The molecule has 0 bridgehead atoms. The number of nitrogens with zero attached hydrogens (tertiary/aromatic N) is 1. The summed E-state index contributed by atoms with van der Waals surface area (Å²) in [5, 5.41) is 0. The Bertz CT molecular complexity index is 441. The van der Waals surface area contributed by atoms with Crippen LogP contribution in [0.3, 0.4) is 0 Å². The van der Waals surface area contributed by atoms with E-state index in [1.54, 1.807) is 0 Å². The normalized spacial score (nSPS) is 23.9. The average molecular weight is 243 g/mol. The second kappa shape index (κ2) is 4.79. The van der Waals surface area contributed by atoms with E-state index in [0.717, 1.165) is 13.0 Å². The van der Waals surface area contributed by atoms with E-state index in [1.165, 1.54) is 16.8 Å². The fourth-order valence-electron chi connectivity index (χ4n) is 2.63. The average Bonchev–Trinajstić information content (AvgIpc) is 2.51. The molecular formula is C17H25N. The maximum Gasteiger partial charge on any atom is 0.0490 e. The number of rotatable bonds is 3. The highest BCUT2D eigenvalue weighted by Gasteiger charge is 2.29. The third kappa shape index (κ3) is 2.45. The van der Waals surface area contributed by atoms with Crippen molar-refractivity contribution in [2.75, 3.05) is 6.54 Å². The summed E-state index contributed by atoms with van der Waals surface area (Å²) >= 11 is 0. The zero-order valence-electron chi connectivity index (χ0n) is 12.3. The predicted octanol–water partition coefficient (Wildman–Crippen LogP) is 4.66. The lowest BCUT2D eigenvalue weighted by molar-refractivity contribution is 0.402. The van der Waals surface area contributed by atoms with Gasteiger partial charge in [-0.05, 0) is 29.1 Å². The van der Waals surface area contributed by atoms with Gasteiger partial charge in [0.2, 0.25) is 0 Å². The van der Waals surface area contributed by atoms with Gasteiger partial charge in [-0.2, -0.15) is 0 Å². The third-order valence-corrected chi connectivity index (χ3v) is 3.72. The SMILES string of the molecule is CC/C=C(\C=C/N1CC2=C1[C@H](C)C=C2)C(C)(C)C. The first-order valence-electron chi connectivity index (χ1n) is 7.00. The third-order valence-electron chi connectivity index (χ3n) is 3.72. The summed E-state index contributed by atoms with van der Waals surface area (Å²) in [5.41, 5.74) is 4.67. The summed E-state index contributed by atoms with van der Waals surface area (Å²) in [6.07, 6.45) is 12.6. The van der Waals surface area contributed by atoms with Gasteiger partial charge in [0.1, 0.15) is 0 Å². The Labute approximate surface area is 112 Å². The summed E-state index contributed by atoms with van der Waals surface area (Å²) in [6, 6.07) is 0. The van der Waals surface area contributed by atoms with Crippen LogP contribution >= 0.6 is 0 Å². The van der Waals surface area contributed by atoms with Gasteiger partial charge in [-0.15, -0.1) is 0 Å². The molecule has 0 spiro atoms. The minimum atomic E-state index is 0.230. The molecule has 2 rings (SSSR count). The van der Waals surface area contributed by atoms with Gasteiger partial charge in [0.25, 0.3) is 0 Å². The summed E-state index contributed by atoms with van der Waals surface area (Å²) in [7, 11) is 0. The van der Waals surface area contributed by atoms with Gasteiger partial charge < -0.3 is 4.90 Å². The van der Waals surface area contributed by atoms with E-state index < -0.39 is 0 Å². The van der Waals surface area contributed by atoms with Crippen molar-refractivity contribution in [1.29, 1.82) is 0 Å². The molecule has 0 N–H and O–H groups in total. The van der Waals surface area contributed by atoms with Crippen LogP contribution in [0.25, 0.3) is 0 Å². The molecule has 1 aliphatic carbocycles. The second-order valence-corrected chi connectivity index (χ2v) is 6.32. The fraction of sp³-hybridized carbons (Fsp3) is 0.529. The smallest absolute Gasteiger partial charge is 0.0490 e. The van der Waals surface area contributed by atoms with Gasteiger partial charge >= 0.3 is 0 Å². The first-order valence-corrected chi connectivity index (χ1v) is 7.00. The Morgan fingerprint density at radius 1 is 1.44 bits per heavy atom. The van der Waals surface area contributed by atoms with Crippen molar-refractivity contribution in [3.63, 3.8) is 0 Å². The molecule has 1 heterocycles. The molecule has 18 heavy (non-hydrogen) atoms. The molecule has 0 aromatic rings. The molecule has 0 unspecified atom stereocenters. The molecule has 0 aromatic carbocycles. The van der Waals surface area contributed by atoms with E-state index in [2.05, 4.69) is 70.0 Å². The summed E-state index contributed by atoms with van der Waals surface area (Å²) in [6.45, 7) is 12.4. The number of allylic oxidation sites excluding steroid dienone is 4. The summed E-state index contributed by atoms with van der Waals surface area (Å²) in [4.78, 5) is 2.38. The Hall–Kier alpha value is -1.24. The molecule has 0 saturated carbocycles. The molecule has 0 fully saturated rings. The second-order valence-electron chi connectivity index (χ2n) is 6.32. The molecule has 1 nitrogen and oxygen atoms in total. The van der Waals surface area contributed by atoms with Crippen LogP contribution in [-0.4, -0.2) is 11.4 Å². The van der Waals surface area contributed by atoms with Crippen LogP contribution < -0.4 is 0 Å². The number of hydrogen-bond donors (Lipinski definition) is 0. The minimum Gasteiger partial charge on any atom is -0.346 e. The minimum absolute atomic E-state index is 0.230. The van der Waals surface area contributed by atoms with Crippen LogP contribution in [0.15, 0.2) is 47.3 Å². The van der Waals surface area contributed by atoms with Crippen molar-refractivity contribution in [2.24, 2.45) is 11.3 Å². The molecular weight excluding hydrogens is 218 g/mol. The van der Waals surface area contributed by atoms with Gasteiger partial charge in [0, 0.05) is 24.4 Å². The van der Waals surface area contributed by atoms with E-state index in [9.17, 15) is 0 Å². The lowest BCUT2D eigenvalue weighted by atomic mass is 9.85. The zero-order chi connectivity index (χ0) is 13.3. The van der Waals surface area contributed by atoms with Crippen molar-refractivity contribution in [3.8, 4) is 0 Å². The van der Waals surface area contributed by atoms with Crippen molar-refractivity contribution in [3.05, 3.63) is 47.3 Å². The molecule has 1 aliphatic heterocycles. The standard InChI is InChI=1S/C17H25N/c1-6-7-15(17(3,4)5)10-11-18-12-14-9-8-13(2)16(14)18/h7-11,13H,6,12H2,1-5H3/b11-10-,15-7+/t13-/m1/s1. The van der Waals surface area contributed by atoms with Gasteiger partial charge in [-0.1, -0.05) is 52.8 Å². The molecule has 0 radical (unpaired) electrons. The Balaban J connectivity index is 2.07. The quantitative estimate of drug-likeness (QED) is 0.652. The predicted molar refractivity (Wildman–Crippen MR) is 79.0 cm³/mol. The maximum atomic E-state index is 2.38. The molecule has 1 heteroatoms. The summed E-state index contributed by atoms with van der Waals surface area (Å²) in [5.74, 6) is 0.589. The molecule has 98 valence electrons. The largest absolute Gasteiger partial charge is 0.346 e. The van der Waals surface area contributed by atoms with Crippen molar-refractivity contribution in [2.45, 2.75) is 41.0 Å². The van der Waals surface area contributed by atoms with E-state index in [-0.39, 0.29) is 5.41 Å². The topological polar surface area (TPSA) is 3.24 Å².